The van der Waals surface area contributed by atoms with Gasteiger partial charge < -0.3 is 9.31 Å². The minimum absolute atomic E-state index is 0.317. The number of hydrogen-bond donors (Lipinski definition) is 1. The normalized spacial score (nSPS) is 20.6. The molecule has 0 amide bonds. The summed E-state index contributed by atoms with van der Waals surface area (Å²) in [6.07, 6.45) is 2.67. The van der Waals surface area contributed by atoms with E-state index in [2.05, 4.69) is 9.71 Å². The van der Waals surface area contributed by atoms with Crippen LogP contribution in [0, 0.1) is 6.92 Å². The summed E-state index contributed by atoms with van der Waals surface area (Å²) in [7, 11) is -3.85. The van der Waals surface area contributed by atoms with Crippen molar-refractivity contribution in [3.05, 3.63) is 17.8 Å². The molecule has 0 saturated carbocycles. The molecule has 0 spiro atoms. The molecule has 0 radical (unpaired) electrons. The van der Waals surface area contributed by atoms with E-state index in [1.807, 2.05) is 33.8 Å². The lowest BCUT2D eigenvalue weighted by Gasteiger charge is -2.32. The average Bonchev–Trinajstić information content (AvgIpc) is 2.49. The molecule has 0 aromatic carbocycles. The Hall–Kier alpha value is -1.12. The van der Waals surface area contributed by atoms with Gasteiger partial charge >= 0.3 is 7.12 Å². The number of aryl methyl sites for hydroxylation is 1. The molecule has 0 atom stereocenters. The zero-order valence-corrected chi connectivity index (χ0v) is 14.0. The van der Waals surface area contributed by atoms with Crippen LogP contribution in [-0.2, 0) is 19.3 Å². The van der Waals surface area contributed by atoms with Crippen molar-refractivity contribution in [1.29, 1.82) is 0 Å². The number of nitrogens with zero attached hydrogens (tertiary/aromatic N) is 1. The van der Waals surface area contributed by atoms with E-state index in [1.165, 1.54) is 0 Å². The molecular formula is C13H21BN2O4S. The smallest absolute Gasteiger partial charge is 0.399 e. The fourth-order valence-electron chi connectivity index (χ4n) is 1.99. The maximum Gasteiger partial charge on any atom is 0.496 e. The van der Waals surface area contributed by atoms with Gasteiger partial charge in [-0.1, -0.05) is 6.07 Å². The van der Waals surface area contributed by atoms with E-state index < -0.39 is 28.3 Å². The van der Waals surface area contributed by atoms with E-state index in [9.17, 15) is 8.42 Å². The fraction of sp³-hybridized carbons (Fsp3) is 0.615. The van der Waals surface area contributed by atoms with E-state index in [-0.39, 0.29) is 0 Å². The lowest BCUT2D eigenvalue weighted by Crippen LogP contribution is -2.41. The summed E-state index contributed by atoms with van der Waals surface area (Å²) in [6, 6.07) is 1.82. The van der Waals surface area contributed by atoms with Crippen molar-refractivity contribution >= 4 is 28.4 Å². The molecule has 1 fully saturated rings. The van der Waals surface area contributed by atoms with Crippen LogP contribution in [0.2, 0.25) is 0 Å². The summed E-state index contributed by atoms with van der Waals surface area (Å²) in [5, 5.41) is 0. The molecule has 1 aromatic rings. The van der Waals surface area contributed by atoms with Gasteiger partial charge in [-0.05, 0) is 40.2 Å². The summed E-state index contributed by atoms with van der Waals surface area (Å²) >= 11 is 0. The molecule has 1 N–H and O–H groups in total. The molecule has 0 bridgehead atoms. The number of aromatic nitrogens is 1. The number of nitrogens with one attached hydrogen (secondary N) is 1. The van der Waals surface area contributed by atoms with E-state index in [0.717, 1.165) is 11.7 Å². The highest BCUT2D eigenvalue weighted by Gasteiger charge is 2.51. The van der Waals surface area contributed by atoms with Crippen LogP contribution in [0.4, 0.5) is 5.82 Å². The Labute approximate surface area is 126 Å². The van der Waals surface area contributed by atoms with Gasteiger partial charge in [-0.25, -0.2) is 13.4 Å². The third-order valence-electron chi connectivity index (χ3n) is 3.91. The molecule has 2 rings (SSSR count). The Bertz CT molecular complexity index is 642. The van der Waals surface area contributed by atoms with Crippen LogP contribution < -0.4 is 10.2 Å². The second-order valence-corrected chi connectivity index (χ2v) is 8.15. The minimum Gasteiger partial charge on any atom is -0.399 e. The van der Waals surface area contributed by atoms with Crippen molar-refractivity contribution in [3.8, 4) is 0 Å². The molecule has 8 heteroatoms. The van der Waals surface area contributed by atoms with E-state index in [4.69, 9.17) is 9.31 Å². The molecular weight excluding hydrogens is 291 g/mol. The molecule has 0 aliphatic carbocycles. The van der Waals surface area contributed by atoms with E-state index in [1.54, 1.807) is 13.1 Å². The van der Waals surface area contributed by atoms with Gasteiger partial charge in [-0.2, -0.15) is 0 Å². The Kier molecular flexibility index (Phi) is 3.84. The number of sulfonamides is 1. The lowest BCUT2D eigenvalue weighted by atomic mass is 9.80. The summed E-state index contributed by atoms with van der Waals surface area (Å²) in [5.41, 5.74) is 0.641. The number of anilines is 1. The summed E-state index contributed by atoms with van der Waals surface area (Å²) in [5.74, 6) is 0.317. The second kappa shape index (κ2) is 4.96. The zero-order valence-electron chi connectivity index (χ0n) is 13.2. The SMILES string of the molecule is Cc1cc(B2OC(C)(C)C(C)(C)O2)cnc1NS(C)(=O)=O. The molecule has 0 unspecified atom stereocenters. The van der Waals surface area contributed by atoms with Gasteiger partial charge in [0.1, 0.15) is 5.82 Å². The second-order valence-electron chi connectivity index (χ2n) is 6.40. The number of pyridine rings is 1. The van der Waals surface area contributed by atoms with Gasteiger partial charge in [0, 0.05) is 11.7 Å². The molecule has 2 heterocycles. The molecule has 116 valence electrons. The van der Waals surface area contributed by atoms with Gasteiger partial charge in [-0.3, -0.25) is 4.72 Å². The van der Waals surface area contributed by atoms with Crippen LogP contribution in [0.5, 0.6) is 0 Å². The van der Waals surface area contributed by atoms with Crippen LogP contribution in [0.3, 0.4) is 0 Å². The van der Waals surface area contributed by atoms with Crippen molar-refractivity contribution < 1.29 is 17.7 Å². The van der Waals surface area contributed by atoms with Crippen molar-refractivity contribution in [2.75, 3.05) is 11.0 Å². The standard InChI is InChI=1S/C13H21BN2O4S/c1-9-7-10(8-15-11(9)16-21(6,17)18)14-19-12(2,3)13(4,5)20-14/h7-8H,1-6H3,(H,15,16). The van der Waals surface area contributed by atoms with Crippen molar-refractivity contribution in [1.82, 2.24) is 4.98 Å². The highest BCUT2D eigenvalue weighted by Crippen LogP contribution is 2.36. The Morgan fingerprint density at radius 3 is 2.14 bits per heavy atom. The highest BCUT2D eigenvalue weighted by molar-refractivity contribution is 7.92. The van der Waals surface area contributed by atoms with Gasteiger partial charge in [0.15, 0.2) is 0 Å². The third kappa shape index (κ3) is 3.38. The first-order valence-corrected chi connectivity index (χ1v) is 8.60. The van der Waals surface area contributed by atoms with Gasteiger partial charge in [0.05, 0.1) is 17.5 Å². The quantitative estimate of drug-likeness (QED) is 0.845. The summed E-state index contributed by atoms with van der Waals surface area (Å²) in [6.45, 7) is 9.70. The average molecular weight is 312 g/mol. The summed E-state index contributed by atoms with van der Waals surface area (Å²) in [4.78, 5) is 4.15. The summed E-state index contributed by atoms with van der Waals surface area (Å²) < 4.78 is 36.8. The van der Waals surface area contributed by atoms with Crippen LogP contribution in [0.15, 0.2) is 12.3 Å². The third-order valence-corrected chi connectivity index (χ3v) is 4.47. The Morgan fingerprint density at radius 1 is 1.19 bits per heavy atom. The highest BCUT2D eigenvalue weighted by atomic mass is 32.2. The fourth-order valence-corrected chi connectivity index (χ4v) is 2.55. The van der Waals surface area contributed by atoms with Crippen LogP contribution in [0.1, 0.15) is 33.3 Å². The van der Waals surface area contributed by atoms with Gasteiger partial charge in [0.25, 0.3) is 0 Å². The number of hydrogen-bond acceptors (Lipinski definition) is 5. The van der Waals surface area contributed by atoms with Crippen molar-refractivity contribution in [2.24, 2.45) is 0 Å². The maximum atomic E-state index is 11.3. The Morgan fingerprint density at radius 2 is 1.71 bits per heavy atom. The molecule has 1 aromatic heterocycles. The van der Waals surface area contributed by atoms with Crippen LogP contribution >= 0.6 is 0 Å². The molecule has 1 aliphatic heterocycles. The molecule has 1 saturated heterocycles. The first kappa shape index (κ1) is 16.3. The maximum absolute atomic E-state index is 11.3. The van der Waals surface area contributed by atoms with E-state index in [0.29, 0.717) is 11.4 Å². The molecule has 1 aliphatic rings. The van der Waals surface area contributed by atoms with Gasteiger partial charge in [-0.15, -0.1) is 0 Å². The largest absolute Gasteiger partial charge is 0.496 e. The molecule has 6 nitrogen and oxygen atoms in total. The minimum atomic E-state index is -3.34. The van der Waals surface area contributed by atoms with Crippen molar-refractivity contribution in [3.63, 3.8) is 0 Å². The monoisotopic (exact) mass is 312 g/mol. The zero-order chi connectivity index (χ0) is 16.1. The predicted molar refractivity (Wildman–Crippen MR) is 83.2 cm³/mol. The van der Waals surface area contributed by atoms with Crippen molar-refractivity contribution in [2.45, 2.75) is 45.8 Å². The first-order valence-electron chi connectivity index (χ1n) is 6.71. The van der Waals surface area contributed by atoms with Crippen LogP contribution in [-0.4, -0.2) is 38.0 Å². The van der Waals surface area contributed by atoms with Gasteiger partial charge in [0.2, 0.25) is 10.0 Å². The number of rotatable bonds is 3. The lowest BCUT2D eigenvalue weighted by molar-refractivity contribution is 0.00578. The Balaban J connectivity index is 2.26. The predicted octanol–water partition coefficient (Wildman–Crippen LogP) is 1.06. The molecule has 21 heavy (non-hydrogen) atoms. The van der Waals surface area contributed by atoms with Crippen LogP contribution in [0.25, 0.3) is 0 Å². The first-order chi connectivity index (χ1) is 9.41. The van der Waals surface area contributed by atoms with E-state index >= 15 is 0 Å². The topological polar surface area (TPSA) is 77.5 Å².